The number of nitrogens with zero attached hydrogens (tertiary/aromatic N) is 2. The Morgan fingerprint density at radius 2 is 1.90 bits per heavy atom. The Morgan fingerprint density at radius 3 is 2.48 bits per heavy atom. The average molecular weight is 290 g/mol. The Kier molecular flexibility index (Phi) is 5.76. The van der Waals surface area contributed by atoms with Crippen LogP contribution in [0.15, 0.2) is 24.3 Å². The number of likely N-dealkylation sites (tertiary alicyclic amines) is 1. The lowest BCUT2D eigenvalue weighted by molar-refractivity contribution is -0.131. The van der Waals surface area contributed by atoms with E-state index in [1.54, 1.807) is 0 Å². The first kappa shape index (κ1) is 16.0. The third-order valence-electron chi connectivity index (χ3n) is 4.16. The van der Waals surface area contributed by atoms with Crippen LogP contribution in [0.5, 0.6) is 0 Å². The molecule has 1 amide bonds. The van der Waals surface area contributed by atoms with Crippen LogP contribution in [0.3, 0.4) is 0 Å². The average Bonchev–Trinajstić information content (AvgIpc) is 3.01. The van der Waals surface area contributed by atoms with Crippen LogP contribution >= 0.6 is 0 Å². The molecule has 2 rings (SSSR count). The zero-order valence-electron chi connectivity index (χ0n) is 13.1. The minimum absolute atomic E-state index is 0.186. The molecular weight excluding hydrogens is 264 g/mol. The van der Waals surface area contributed by atoms with E-state index in [4.69, 9.17) is 0 Å². The number of aryl methyl sites for hydroxylation is 1. The third kappa shape index (κ3) is 4.55. The van der Waals surface area contributed by atoms with Gasteiger partial charge in [0, 0.05) is 19.6 Å². The van der Waals surface area contributed by atoms with Crippen LogP contribution in [0.4, 0.5) is 0 Å². The van der Waals surface area contributed by atoms with E-state index in [0.29, 0.717) is 13.1 Å². The summed E-state index contributed by atoms with van der Waals surface area (Å²) in [7, 11) is 0. The highest BCUT2D eigenvalue weighted by atomic mass is 16.3. The predicted molar refractivity (Wildman–Crippen MR) is 84.1 cm³/mol. The molecule has 1 aliphatic heterocycles. The molecule has 1 N–H and O–H groups in total. The van der Waals surface area contributed by atoms with E-state index in [1.807, 2.05) is 47.9 Å². The van der Waals surface area contributed by atoms with Gasteiger partial charge >= 0.3 is 0 Å². The number of hydrogen-bond donors (Lipinski definition) is 1. The first-order chi connectivity index (χ1) is 10.1. The molecule has 4 nitrogen and oxygen atoms in total. The summed E-state index contributed by atoms with van der Waals surface area (Å²) in [6, 6.07) is 7.92. The van der Waals surface area contributed by atoms with E-state index in [2.05, 4.69) is 0 Å². The van der Waals surface area contributed by atoms with E-state index >= 15 is 0 Å². The number of hydrogen-bond acceptors (Lipinski definition) is 3. The zero-order valence-corrected chi connectivity index (χ0v) is 13.1. The summed E-state index contributed by atoms with van der Waals surface area (Å²) in [6.07, 6.45) is 1.69. The van der Waals surface area contributed by atoms with E-state index in [9.17, 15) is 9.90 Å². The number of rotatable bonds is 6. The topological polar surface area (TPSA) is 43.8 Å². The monoisotopic (exact) mass is 290 g/mol. The second-order valence-electron chi connectivity index (χ2n) is 5.84. The van der Waals surface area contributed by atoms with E-state index in [-0.39, 0.29) is 5.91 Å². The summed E-state index contributed by atoms with van der Waals surface area (Å²) in [5, 5.41) is 10.3. The molecule has 4 heteroatoms. The van der Waals surface area contributed by atoms with Gasteiger partial charge in [0.05, 0.1) is 12.6 Å². The highest BCUT2D eigenvalue weighted by Gasteiger charge is 2.21. The second kappa shape index (κ2) is 7.57. The van der Waals surface area contributed by atoms with Gasteiger partial charge in [-0.1, -0.05) is 36.8 Å². The van der Waals surface area contributed by atoms with Gasteiger partial charge in [-0.25, -0.2) is 0 Å². The molecule has 0 saturated carbocycles. The SMILES string of the molecule is CCN(CC(=O)N1CCCC1)CC(O)c1ccc(C)cc1. The van der Waals surface area contributed by atoms with Crippen molar-refractivity contribution in [3.8, 4) is 0 Å². The summed E-state index contributed by atoms with van der Waals surface area (Å²) in [6.45, 7) is 7.50. The maximum absolute atomic E-state index is 12.2. The van der Waals surface area contributed by atoms with E-state index in [0.717, 1.165) is 38.0 Å². The molecule has 0 radical (unpaired) electrons. The molecule has 0 bridgehead atoms. The lowest BCUT2D eigenvalue weighted by Crippen LogP contribution is -2.40. The smallest absolute Gasteiger partial charge is 0.236 e. The Balaban J connectivity index is 1.88. The summed E-state index contributed by atoms with van der Waals surface area (Å²) >= 11 is 0. The van der Waals surface area contributed by atoms with Gasteiger partial charge in [0.15, 0.2) is 0 Å². The minimum atomic E-state index is -0.545. The van der Waals surface area contributed by atoms with Gasteiger partial charge in [0.25, 0.3) is 0 Å². The fraction of sp³-hybridized carbons (Fsp3) is 0.588. The Bertz CT molecular complexity index is 452. The van der Waals surface area contributed by atoms with E-state index in [1.165, 1.54) is 5.56 Å². The van der Waals surface area contributed by atoms with Crippen LogP contribution in [0.2, 0.25) is 0 Å². The van der Waals surface area contributed by atoms with Gasteiger partial charge in [-0.15, -0.1) is 0 Å². The quantitative estimate of drug-likeness (QED) is 0.871. The van der Waals surface area contributed by atoms with Crippen molar-refractivity contribution in [2.45, 2.75) is 32.8 Å². The molecule has 0 aliphatic carbocycles. The number of benzene rings is 1. The highest BCUT2D eigenvalue weighted by molar-refractivity contribution is 5.78. The largest absolute Gasteiger partial charge is 0.387 e. The second-order valence-corrected chi connectivity index (χ2v) is 5.84. The molecule has 1 aromatic carbocycles. The van der Waals surface area contributed by atoms with Gasteiger partial charge in [0.2, 0.25) is 5.91 Å². The van der Waals surface area contributed by atoms with Crippen LogP contribution in [-0.4, -0.2) is 53.5 Å². The molecule has 1 aromatic rings. The highest BCUT2D eigenvalue weighted by Crippen LogP contribution is 2.15. The number of carbonyl (C=O) groups is 1. The molecule has 1 heterocycles. The van der Waals surface area contributed by atoms with Gasteiger partial charge < -0.3 is 10.0 Å². The predicted octanol–water partition coefficient (Wildman–Crippen LogP) is 1.97. The zero-order chi connectivity index (χ0) is 15.2. The fourth-order valence-corrected chi connectivity index (χ4v) is 2.70. The van der Waals surface area contributed by atoms with Crippen molar-refractivity contribution >= 4 is 5.91 Å². The third-order valence-corrected chi connectivity index (χ3v) is 4.16. The lowest BCUT2D eigenvalue weighted by atomic mass is 10.1. The minimum Gasteiger partial charge on any atom is -0.387 e. The van der Waals surface area contributed by atoms with Gasteiger partial charge in [-0.05, 0) is 31.9 Å². The summed E-state index contributed by atoms with van der Waals surface area (Å²) in [4.78, 5) is 16.1. The molecule has 1 aliphatic rings. The normalized spacial score (nSPS) is 16.5. The van der Waals surface area contributed by atoms with Crippen molar-refractivity contribution in [2.24, 2.45) is 0 Å². The number of aliphatic hydroxyl groups excluding tert-OH is 1. The molecule has 0 aromatic heterocycles. The fourth-order valence-electron chi connectivity index (χ4n) is 2.70. The molecule has 1 unspecified atom stereocenters. The maximum atomic E-state index is 12.2. The molecule has 116 valence electrons. The van der Waals surface area contributed by atoms with Gasteiger partial charge in [-0.2, -0.15) is 0 Å². The Morgan fingerprint density at radius 1 is 1.29 bits per heavy atom. The van der Waals surface area contributed by atoms with Crippen molar-refractivity contribution in [2.75, 3.05) is 32.7 Å². The number of aliphatic hydroxyl groups is 1. The molecule has 1 atom stereocenters. The van der Waals surface area contributed by atoms with Gasteiger partial charge in [-0.3, -0.25) is 9.69 Å². The van der Waals surface area contributed by atoms with Crippen molar-refractivity contribution in [3.63, 3.8) is 0 Å². The first-order valence-corrected chi connectivity index (χ1v) is 7.85. The molecule has 1 saturated heterocycles. The van der Waals surface area contributed by atoms with Crippen LogP contribution in [-0.2, 0) is 4.79 Å². The number of likely N-dealkylation sites (N-methyl/N-ethyl adjacent to an activating group) is 1. The molecule has 1 fully saturated rings. The van der Waals surface area contributed by atoms with Crippen LogP contribution in [0, 0.1) is 6.92 Å². The Labute approximate surface area is 127 Å². The summed E-state index contributed by atoms with van der Waals surface area (Å²) < 4.78 is 0. The maximum Gasteiger partial charge on any atom is 0.236 e. The van der Waals surface area contributed by atoms with E-state index < -0.39 is 6.10 Å². The Hall–Kier alpha value is -1.39. The number of carbonyl (C=O) groups excluding carboxylic acids is 1. The van der Waals surface area contributed by atoms with Crippen LogP contribution < -0.4 is 0 Å². The first-order valence-electron chi connectivity index (χ1n) is 7.85. The standard InChI is InChI=1S/C17H26N2O2/c1-3-18(13-17(21)19-10-4-5-11-19)12-16(20)15-8-6-14(2)7-9-15/h6-9,16,20H,3-5,10-13H2,1-2H3. The van der Waals surface area contributed by atoms with Crippen LogP contribution in [0.25, 0.3) is 0 Å². The summed E-state index contributed by atoms with van der Waals surface area (Å²) in [5.74, 6) is 0.186. The van der Waals surface area contributed by atoms with Crippen molar-refractivity contribution < 1.29 is 9.90 Å². The van der Waals surface area contributed by atoms with Crippen molar-refractivity contribution in [3.05, 3.63) is 35.4 Å². The van der Waals surface area contributed by atoms with Crippen molar-refractivity contribution in [1.29, 1.82) is 0 Å². The lowest BCUT2D eigenvalue weighted by Gasteiger charge is -2.25. The van der Waals surface area contributed by atoms with Crippen LogP contribution in [0.1, 0.15) is 37.0 Å². The van der Waals surface area contributed by atoms with Gasteiger partial charge in [0.1, 0.15) is 0 Å². The number of amides is 1. The molecule has 21 heavy (non-hydrogen) atoms. The molecule has 0 spiro atoms. The van der Waals surface area contributed by atoms with Crippen molar-refractivity contribution in [1.82, 2.24) is 9.80 Å². The summed E-state index contributed by atoms with van der Waals surface area (Å²) in [5.41, 5.74) is 2.09. The molecular formula is C17H26N2O2.